The predicted molar refractivity (Wildman–Crippen MR) is 103 cm³/mol. The van der Waals surface area contributed by atoms with Crippen molar-refractivity contribution in [3.05, 3.63) is 30.5 Å². The maximum Gasteiger partial charge on any atom is 0.410 e. The van der Waals surface area contributed by atoms with E-state index in [0.717, 1.165) is 29.8 Å². The molecule has 0 spiro atoms. The molecule has 0 unspecified atom stereocenters. The van der Waals surface area contributed by atoms with Gasteiger partial charge in [0.15, 0.2) is 0 Å². The minimum absolute atomic E-state index is 0.234. The molecule has 7 nitrogen and oxygen atoms in total. The second-order valence-electron chi connectivity index (χ2n) is 8.37. The second kappa shape index (κ2) is 7.66. The lowest BCUT2D eigenvalue weighted by Gasteiger charge is -2.33. The number of nitrogens with zero attached hydrogens (tertiary/aromatic N) is 5. The van der Waals surface area contributed by atoms with Gasteiger partial charge >= 0.3 is 6.09 Å². The van der Waals surface area contributed by atoms with E-state index in [9.17, 15) is 4.79 Å². The van der Waals surface area contributed by atoms with Crippen molar-refractivity contribution in [2.24, 2.45) is 0 Å². The van der Waals surface area contributed by atoms with Crippen molar-refractivity contribution in [2.75, 3.05) is 13.1 Å². The normalized spacial score (nSPS) is 16.0. The first-order valence-electron chi connectivity index (χ1n) is 9.57. The topological polar surface area (TPSA) is 73.1 Å². The van der Waals surface area contributed by atoms with E-state index in [-0.39, 0.29) is 6.09 Å². The Labute approximate surface area is 160 Å². The molecule has 3 rings (SSSR count). The van der Waals surface area contributed by atoms with Gasteiger partial charge in [-0.15, -0.1) is 0 Å². The smallest absolute Gasteiger partial charge is 0.410 e. The monoisotopic (exact) mass is 371 g/mol. The SMILES string of the molecule is CC(C)n1cc(-c2cncc(C3CCN(C(=O)OC(C)(C)C)CC3)n2)cn1. The molecule has 3 heterocycles. The molecular weight excluding hydrogens is 342 g/mol. The highest BCUT2D eigenvalue weighted by molar-refractivity contribution is 5.68. The van der Waals surface area contributed by atoms with Gasteiger partial charge in [-0.3, -0.25) is 9.67 Å². The Kier molecular flexibility index (Phi) is 5.48. The van der Waals surface area contributed by atoms with E-state index in [4.69, 9.17) is 9.72 Å². The summed E-state index contributed by atoms with van der Waals surface area (Å²) in [7, 11) is 0. The van der Waals surface area contributed by atoms with Crippen LogP contribution in [0.3, 0.4) is 0 Å². The predicted octanol–water partition coefficient (Wildman–Crippen LogP) is 4.04. The lowest BCUT2D eigenvalue weighted by Crippen LogP contribution is -2.41. The van der Waals surface area contributed by atoms with Gasteiger partial charge in [0.25, 0.3) is 0 Å². The minimum Gasteiger partial charge on any atom is -0.444 e. The molecule has 7 heteroatoms. The maximum atomic E-state index is 12.2. The third-order valence-corrected chi connectivity index (χ3v) is 4.64. The van der Waals surface area contributed by atoms with Crippen molar-refractivity contribution in [1.29, 1.82) is 0 Å². The third kappa shape index (κ3) is 4.84. The van der Waals surface area contributed by atoms with Crippen molar-refractivity contribution in [3.8, 4) is 11.3 Å². The quantitative estimate of drug-likeness (QED) is 0.814. The molecule has 1 fully saturated rings. The number of piperidine rings is 1. The summed E-state index contributed by atoms with van der Waals surface area (Å²) in [5.74, 6) is 0.302. The van der Waals surface area contributed by atoms with E-state index in [1.807, 2.05) is 44.0 Å². The van der Waals surface area contributed by atoms with Crippen molar-refractivity contribution in [2.45, 2.75) is 65.0 Å². The highest BCUT2D eigenvalue weighted by atomic mass is 16.6. The Balaban J connectivity index is 1.65. The molecule has 0 aromatic carbocycles. The molecule has 0 atom stereocenters. The molecule has 146 valence electrons. The Bertz CT molecular complexity index is 786. The molecule has 1 aliphatic rings. The number of carbonyl (C=O) groups excluding carboxylic acids is 1. The van der Waals surface area contributed by atoms with Crippen LogP contribution in [0.5, 0.6) is 0 Å². The zero-order valence-electron chi connectivity index (χ0n) is 16.8. The van der Waals surface area contributed by atoms with Crippen molar-refractivity contribution >= 4 is 6.09 Å². The average molecular weight is 371 g/mol. The van der Waals surface area contributed by atoms with E-state index < -0.39 is 5.60 Å². The number of hydrogen-bond donors (Lipinski definition) is 0. The van der Waals surface area contributed by atoms with Crippen LogP contribution in [0.25, 0.3) is 11.3 Å². The summed E-state index contributed by atoms with van der Waals surface area (Å²) in [6, 6.07) is 0.312. The molecule has 27 heavy (non-hydrogen) atoms. The van der Waals surface area contributed by atoms with Crippen LogP contribution in [0.2, 0.25) is 0 Å². The van der Waals surface area contributed by atoms with E-state index in [1.54, 1.807) is 11.1 Å². The average Bonchev–Trinajstić information content (AvgIpc) is 3.11. The van der Waals surface area contributed by atoms with Gasteiger partial charge in [0.1, 0.15) is 5.60 Å². The van der Waals surface area contributed by atoms with Crippen molar-refractivity contribution in [1.82, 2.24) is 24.6 Å². The van der Waals surface area contributed by atoms with Crippen LogP contribution >= 0.6 is 0 Å². The van der Waals surface area contributed by atoms with Gasteiger partial charge in [-0.2, -0.15) is 5.10 Å². The number of ether oxygens (including phenoxy) is 1. The van der Waals surface area contributed by atoms with Crippen LogP contribution in [-0.4, -0.2) is 49.4 Å². The number of likely N-dealkylation sites (tertiary alicyclic amines) is 1. The van der Waals surface area contributed by atoms with Crippen LogP contribution in [0, 0.1) is 0 Å². The lowest BCUT2D eigenvalue weighted by atomic mass is 9.94. The molecule has 1 aliphatic heterocycles. The first-order chi connectivity index (χ1) is 12.7. The second-order valence-corrected chi connectivity index (χ2v) is 8.37. The van der Waals surface area contributed by atoms with Gasteiger partial charge in [0, 0.05) is 43.0 Å². The zero-order chi connectivity index (χ0) is 19.6. The Morgan fingerprint density at radius 2 is 1.89 bits per heavy atom. The highest BCUT2D eigenvalue weighted by Crippen LogP contribution is 2.28. The molecule has 0 N–H and O–H groups in total. The summed E-state index contributed by atoms with van der Waals surface area (Å²) in [6.07, 6.45) is 8.95. The number of rotatable bonds is 3. The summed E-state index contributed by atoms with van der Waals surface area (Å²) >= 11 is 0. The molecule has 0 saturated carbocycles. The van der Waals surface area contributed by atoms with Crippen LogP contribution in [0.1, 0.15) is 65.1 Å². The van der Waals surface area contributed by atoms with E-state index in [0.29, 0.717) is 25.0 Å². The van der Waals surface area contributed by atoms with Crippen LogP contribution in [0.15, 0.2) is 24.8 Å². The van der Waals surface area contributed by atoms with Gasteiger partial charge in [-0.05, 0) is 47.5 Å². The lowest BCUT2D eigenvalue weighted by molar-refractivity contribution is 0.0204. The maximum absolute atomic E-state index is 12.2. The van der Waals surface area contributed by atoms with Gasteiger partial charge in [-0.1, -0.05) is 0 Å². The summed E-state index contributed by atoms with van der Waals surface area (Å²) in [6.45, 7) is 11.2. The van der Waals surface area contributed by atoms with E-state index in [1.165, 1.54) is 0 Å². The van der Waals surface area contributed by atoms with Gasteiger partial charge < -0.3 is 9.64 Å². The van der Waals surface area contributed by atoms with Crippen molar-refractivity contribution in [3.63, 3.8) is 0 Å². The summed E-state index contributed by atoms with van der Waals surface area (Å²) in [4.78, 5) is 23.2. The van der Waals surface area contributed by atoms with Gasteiger partial charge in [0.05, 0.1) is 23.8 Å². The Hall–Kier alpha value is -2.44. The van der Waals surface area contributed by atoms with E-state index in [2.05, 4.69) is 23.9 Å². The molecule has 1 saturated heterocycles. The molecule has 1 amide bonds. The molecule has 2 aromatic rings. The minimum atomic E-state index is -0.464. The van der Waals surface area contributed by atoms with Gasteiger partial charge in [-0.25, -0.2) is 9.78 Å². The summed E-state index contributed by atoms with van der Waals surface area (Å²) in [5.41, 5.74) is 2.33. The van der Waals surface area contributed by atoms with Crippen LogP contribution in [0.4, 0.5) is 4.79 Å². The molecule has 0 radical (unpaired) electrons. The third-order valence-electron chi connectivity index (χ3n) is 4.64. The molecule has 0 bridgehead atoms. The summed E-state index contributed by atoms with van der Waals surface area (Å²) < 4.78 is 7.39. The molecular formula is C20H29N5O2. The number of carbonyl (C=O) groups is 1. The van der Waals surface area contributed by atoms with Gasteiger partial charge in [0.2, 0.25) is 0 Å². The first-order valence-corrected chi connectivity index (χ1v) is 9.57. The van der Waals surface area contributed by atoms with E-state index >= 15 is 0 Å². The Morgan fingerprint density at radius 3 is 2.48 bits per heavy atom. The standard InChI is InChI=1S/C20H29N5O2/c1-14(2)25-13-16(10-22-25)18-12-21-11-17(23-18)15-6-8-24(9-7-15)19(26)27-20(3,4)5/h10-15H,6-9H2,1-5H3. The number of hydrogen-bond acceptors (Lipinski definition) is 5. The zero-order valence-corrected chi connectivity index (χ0v) is 16.8. The first kappa shape index (κ1) is 19.3. The fourth-order valence-corrected chi connectivity index (χ4v) is 3.15. The van der Waals surface area contributed by atoms with Crippen LogP contribution < -0.4 is 0 Å². The Morgan fingerprint density at radius 1 is 1.19 bits per heavy atom. The molecule has 2 aromatic heterocycles. The fourth-order valence-electron chi connectivity index (χ4n) is 3.15. The van der Waals surface area contributed by atoms with Crippen molar-refractivity contribution < 1.29 is 9.53 Å². The van der Waals surface area contributed by atoms with Crippen LogP contribution in [-0.2, 0) is 4.74 Å². The number of aromatic nitrogens is 4. The summed E-state index contributed by atoms with van der Waals surface area (Å²) in [5, 5.41) is 4.38. The highest BCUT2D eigenvalue weighted by Gasteiger charge is 2.28. The number of amides is 1. The molecule has 0 aliphatic carbocycles. The largest absolute Gasteiger partial charge is 0.444 e. The fraction of sp³-hybridized carbons (Fsp3) is 0.600.